The molecule has 0 saturated carbocycles. The number of hydrogen-bond donors (Lipinski definition) is 0. The first-order valence-corrected chi connectivity index (χ1v) is 7.78. The van der Waals surface area contributed by atoms with E-state index in [9.17, 15) is 4.79 Å². The van der Waals surface area contributed by atoms with Crippen LogP contribution in [0.1, 0.15) is 18.9 Å². The summed E-state index contributed by atoms with van der Waals surface area (Å²) in [7, 11) is 0. The Morgan fingerprint density at radius 2 is 1.76 bits per heavy atom. The predicted molar refractivity (Wildman–Crippen MR) is 91.3 cm³/mol. The third-order valence-electron chi connectivity index (χ3n) is 3.72. The predicted octanol–water partition coefficient (Wildman–Crippen LogP) is 3.98. The van der Waals surface area contributed by atoms with Gasteiger partial charge in [-0.3, -0.25) is 0 Å². The lowest BCUT2D eigenvalue weighted by Gasteiger charge is -2.11. The summed E-state index contributed by atoms with van der Waals surface area (Å²) >= 11 is 0. The molecule has 0 saturated heterocycles. The number of benzene rings is 2. The van der Waals surface area contributed by atoms with Gasteiger partial charge in [-0.2, -0.15) is 0 Å². The number of ether oxygens (including phenoxy) is 1. The first-order chi connectivity index (χ1) is 12.2. The van der Waals surface area contributed by atoms with Gasteiger partial charge >= 0.3 is 5.63 Å². The average Bonchev–Trinajstić information content (AvgIpc) is 3.12. The summed E-state index contributed by atoms with van der Waals surface area (Å²) in [6.07, 6.45) is -0.446. The van der Waals surface area contributed by atoms with Gasteiger partial charge in [-0.25, -0.2) is 4.79 Å². The summed E-state index contributed by atoms with van der Waals surface area (Å²) in [6, 6.07) is 17.9. The zero-order valence-electron chi connectivity index (χ0n) is 13.4. The van der Waals surface area contributed by atoms with Gasteiger partial charge in [0.1, 0.15) is 11.3 Å². The number of fused-ring (bicyclic) bond motifs is 1. The molecule has 0 N–H and O–H groups in total. The van der Waals surface area contributed by atoms with Crippen molar-refractivity contribution in [2.45, 2.75) is 13.0 Å². The lowest BCUT2D eigenvalue weighted by atomic mass is 10.2. The molecule has 6 nitrogen and oxygen atoms in total. The maximum absolute atomic E-state index is 11.3. The summed E-state index contributed by atoms with van der Waals surface area (Å²) in [6.45, 7) is 1.81. The van der Waals surface area contributed by atoms with Crippen molar-refractivity contribution in [1.82, 2.24) is 10.2 Å². The molecule has 2 heterocycles. The molecule has 124 valence electrons. The highest BCUT2D eigenvalue weighted by atomic mass is 16.5. The van der Waals surface area contributed by atoms with E-state index in [1.807, 2.05) is 43.3 Å². The Kier molecular flexibility index (Phi) is 3.78. The van der Waals surface area contributed by atoms with Gasteiger partial charge in [0, 0.05) is 23.1 Å². The molecule has 4 aromatic rings. The van der Waals surface area contributed by atoms with Crippen LogP contribution in [-0.2, 0) is 0 Å². The van der Waals surface area contributed by atoms with Crippen molar-refractivity contribution in [2.75, 3.05) is 0 Å². The molecular weight excluding hydrogens is 320 g/mol. The van der Waals surface area contributed by atoms with Gasteiger partial charge in [0.2, 0.25) is 5.89 Å². The van der Waals surface area contributed by atoms with E-state index in [0.29, 0.717) is 23.1 Å². The summed E-state index contributed by atoms with van der Waals surface area (Å²) in [5, 5.41) is 8.93. The van der Waals surface area contributed by atoms with Crippen LogP contribution in [0.4, 0.5) is 0 Å². The standard InChI is InChI=1S/C19H14N2O4/c1-12(18-20-21-19(25-18)14-5-3-2-4-6-14)23-15-9-7-13-8-10-17(22)24-16(13)11-15/h2-12H,1H3/t12-/m1/s1. The van der Waals surface area contributed by atoms with Gasteiger partial charge in [-0.05, 0) is 37.3 Å². The van der Waals surface area contributed by atoms with Crippen LogP contribution in [0.15, 0.2) is 74.3 Å². The smallest absolute Gasteiger partial charge is 0.336 e. The molecule has 0 aliphatic rings. The molecule has 1 atom stereocenters. The molecular formula is C19H14N2O4. The fraction of sp³-hybridized carbons (Fsp3) is 0.105. The molecule has 2 aromatic heterocycles. The van der Waals surface area contributed by atoms with Gasteiger partial charge < -0.3 is 13.6 Å². The summed E-state index contributed by atoms with van der Waals surface area (Å²) < 4.78 is 16.7. The summed E-state index contributed by atoms with van der Waals surface area (Å²) in [4.78, 5) is 11.3. The molecule has 0 fully saturated rings. The Morgan fingerprint density at radius 1 is 0.960 bits per heavy atom. The zero-order chi connectivity index (χ0) is 17.2. The Labute approximate surface area is 142 Å². The maximum Gasteiger partial charge on any atom is 0.336 e. The highest BCUT2D eigenvalue weighted by Gasteiger charge is 2.17. The van der Waals surface area contributed by atoms with Crippen LogP contribution in [0.2, 0.25) is 0 Å². The highest BCUT2D eigenvalue weighted by molar-refractivity contribution is 5.77. The molecule has 0 spiro atoms. The monoisotopic (exact) mass is 334 g/mol. The van der Waals surface area contributed by atoms with Gasteiger partial charge in [0.15, 0.2) is 6.10 Å². The Balaban J connectivity index is 1.57. The molecule has 0 aliphatic heterocycles. The van der Waals surface area contributed by atoms with Gasteiger partial charge in [-0.1, -0.05) is 18.2 Å². The normalized spacial score (nSPS) is 12.2. The van der Waals surface area contributed by atoms with E-state index < -0.39 is 11.7 Å². The van der Waals surface area contributed by atoms with Crippen LogP contribution in [-0.4, -0.2) is 10.2 Å². The van der Waals surface area contributed by atoms with E-state index in [1.54, 1.807) is 18.2 Å². The van der Waals surface area contributed by atoms with Crippen molar-refractivity contribution in [3.05, 3.63) is 77.0 Å². The molecule has 0 unspecified atom stereocenters. The minimum atomic E-state index is -0.446. The first-order valence-electron chi connectivity index (χ1n) is 7.78. The first kappa shape index (κ1) is 15.1. The highest BCUT2D eigenvalue weighted by Crippen LogP contribution is 2.26. The average molecular weight is 334 g/mol. The lowest BCUT2D eigenvalue weighted by Crippen LogP contribution is -2.03. The van der Waals surface area contributed by atoms with Crippen LogP contribution >= 0.6 is 0 Å². The van der Waals surface area contributed by atoms with E-state index in [1.165, 1.54) is 6.07 Å². The maximum atomic E-state index is 11.3. The van der Waals surface area contributed by atoms with E-state index in [-0.39, 0.29) is 0 Å². The quantitative estimate of drug-likeness (QED) is 0.525. The molecule has 2 aromatic carbocycles. The van der Waals surface area contributed by atoms with Crippen LogP contribution in [0.25, 0.3) is 22.4 Å². The van der Waals surface area contributed by atoms with Crippen molar-refractivity contribution < 1.29 is 13.6 Å². The van der Waals surface area contributed by atoms with Crippen molar-refractivity contribution in [3.63, 3.8) is 0 Å². The van der Waals surface area contributed by atoms with Gasteiger partial charge in [0.25, 0.3) is 5.89 Å². The van der Waals surface area contributed by atoms with Crippen LogP contribution in [0.3, 0.4) is 0 Å². The molecule has 4 rings (SSSR count). The van der Waals surface area contributed by atoms with Crippen LogP contribution in [0.5, 0.6) is 5.75 Å². The minimum Gasteiger partial charge on any atom is -0.481 e. The third-order valence-corrected chi connectivity index (χ3v) is 3.72. The fourth-order valence-electron chi connectivity index (χ4n) is 2.47. The molecule has 0 radical (unpaired) electrons. The number of nitrogens with zero attached hydrogens (tertiary/aromatic N) is 2. The summed E-state index contributed by atoms with van der Waals surface area (Å²) in [5.74, 6) is 1.36. The fourth-order valence-corrected chi connectivity index (χ4v) is 2.47. The second-order valence-corrected chi connectivity index (χ2v) is 5.53. The Hall–Kier alpha value is -3.41. The third kappa shape index (κ3) is 3.14. The van der Waals surface area contributed by atoms with Crippen molar-refractivity contribution in [1.29, 1.82) is 0 Å². The number of hydrogen-bond acceptors (Lipinski definition) is 6. The van der Waals surface area contributed by atoms with Crippen LogP contribution < -0.4 is 10.4 Å². The van der Waals surface area contributed by atoms with E-state index in [4.69, 9.17) is 13.6 Å². The molecule has 6 heteroatoms. The number of aromatic nitrogens is 2. The Bertz CT molecular complexity index is 1070. The molecule has 25 heavy (non-hydrogen) atoms. The van der Waals surface area contributed by atoms with Crippen molar-refractivity contribution in [2.24, 2.45) is 0 Å². The largest absolute Gasteiger partial charge is 0.481 e. The second kappa shape index (κ2) is 6.24. The van der Waals surface area contributed by atoms with E-state index in [2.05, 4.69) is 10.2 Å². The second-order valence-electron chi connectivity index (χ2n) is 5.53. The number of rotatable bonds is 4. The molecule has 0 aliphatic carbocycles. The van der Waals surface area contributed by atoms with Crippen molar-refractivity contribution in [3.8, 4) is 17.2 Å². The van der Waals surface area contributed by atoms with Crippen molar-refractivity contribution >= 4 is 11.0 Å². The van der Waals surface area contributed by atoms with E-state index >= 15 is 0 Å². The van der Waals surface area contributed by atoms with Gasteiger partial charge in [-0.15, -0.1) is 10.2 Å². The molecule has 0 amide bonds. The Morgan fingerprint density at radius 3 is 2.60 bits per heavy atom. The summed E-state index contributed by atoms with van der Waals surface area (Å²) in [5.41, 5.74) is 0.913. The minimum absolute atomic E-state index is 0.369. The van der Waals surface area contributed by atoms with Gasteiger partial charge in [0.05, 0.1) is 0 Å². The topological polar surface area (TPSA) is 78.4 Å². The SMILES string of the molecule is C[C@@H](Oc1ccc2ccc(=O)oc2c1)c1nnc(-c2ccccc2)o1. The zero-order valence-corrected chi connectivity index (χ0v) is 13.4. The van der Waals surface area contributed by atoms with E-state index in [0.717, 1.165) is 10.9 Å². The van der Waals surface area contributed by atoms with Crippen LogP contribution in [0, 0.1) is 0 Å². The molecule has 0 bridgehead atoms. The lowest BCUT2D eigenvalue weighted by molar-refractivity contribution is 0.189.